The molecule has 8 heteroatoms. The van der Waals surface area contributed by atoms with E-state index in [4.69, 9.17) is 4.74 Å². The quantitative estimate of drug-likeness (QED) is 0.521. The van der Waals surface area contributed by atoms with Gasteiger partial charge in [0.15, 0.2) is 0 Å². The number of para-hydroxylation sites is 2. The van der Waals surface area contributed by atoms with Crippen LogP contribution in [-0.4, -0.2) is 51.9 Å². The fraction of sp³-hybridized carbons (Fsp3) is 0.321. The normalized spacial score (nSPS) is 14.9. The fourth-order valence-corrected chi connectivity index (χ4v) is 5.67. The third-order valence-electron chi connectivity index (χ3n) is 6.43. The molecule has 1 aliphatic rings. The van der Waals surface area contributed by atoms with Crippen molar-refractivity contribution in [2.45, 2.75) is 31.1 Å². The number of methoxy groups -OCH3 is 1. The van der Waals surface area contributed by atoms with E-state index in [1.165, 1.54) is 4.31 Å². The largest absolute Gasteiger partial charge is 0.495 e. The van der Waals surface area contributed by atoms with Gasteiger partial charge in [-0.1, -0.05) is 45.0 Å². The lowest BCUT2D eigenvalue weighted by Crippen LogP contribution is -2.48. The summed E-state index contributed by atoms with van der Waals surface area (Å²) >= 11 is 0. The number of sulfonamides is 1. The van der Waals surface area contributed by atoms with Crippen molar-refractivity contribution in [3.05, 3.63) is 83.9 Å². The van der Waals surface area contributed by atoms with Crippen molar-refractivity contribution in [2.24, 2.45) is 0 Å². The maximum absolute atomic E-state index is 13.2. The number of hydrogen-bond acceptors (Lipinski definition) is 5. The summed E-state index contributed by atoms with van der Waals surface area (Å²) < 4.78 is 33.4. The van der Waals surface area contributed by atoms with E-state index in [0.717, 1.165) is 17.0 Å². The average Bonchev–Trinajstić information content (AvgIpc) is 2.88. The van der Waals surface area contributed by atoms with Gasteiger partial charge in [-0.3, -0.25) is 4.79 Å². The molecule has 0 aromatic heterocycles. The van der Waals surface area contributed by atoms with Gasteiger partial charge in [-0.25, -0.2) is 8.42 Å². The first-order chi connectivity index (χ1) is 17.1. The van der Waals surface area contributed by atoms with Crippen LogP contribution in [0.4, 0.5) is 11.4 Å². The Morgan fingerprint density at radius 2 is 1.47 bits per heavy atom. The molecular weight excluding hydrogens is 474 g/mol. The Bertz CT molecular complexity index is 1310. The molecule has 0 radical (unpaired) electrons. The van der Waals surface area contributed by atoms with Crippen molar-refractivity contribution in [2.75, 3.05) is 43.5 Å². The Labute approximate surface area is 213 Å². The Kier molecular flexibility index (Phi) is 7.38. The summed E-state index contributed by atoms with van der Waals surface area (Å²) in [6.45, 7) is 8.27. The molecule has 1 heterocycles. The van der Waals surface area contributed by atoms with Crippen LogP contribution in [-0.2, 0) is 15.4 Å². The zero-order valence-electron chi connectivity index (χ0n) is 21.2. The molecule has 0 aliphatic carbocycles. The summed E-state index contributed by atoms with van der Waals surface area (Å²) in [7, 11) is -2.00. The first-order valence-electron chi connectivity index (χ1n) is 12.0. The van der Waals surface area contributed by atoms with Gasteiger partial charge in [-0.2, -0.15) is 4.31 Å². The highest BCUT2D eigenvalue weighted by molar-refractivity contribution is 7.89. The van der Waals surface area contributed by atoms with E-state index in [0.29, 0.717) is 37.4 Å². The first-order valence-corrected chi connectivity index (χ1v) is 13.4. The molecule has 190 valence electrons. The van der Waals surface area contributed by atoms with Gasteiger partial charge in [-0.15, -0.1) is 0 Å². The number of carbonyl (C=O) groups is 1. The molecule has 1 saturated heterocycles. The predicted octanol–water partition coefficient (Wildman–Crippen LogP) is 4.76. The van der Waals surface area contributed by atoms with Gasteiger partial charge >= 0.3 is 0 Å². The summed E-state index contributed by atoms with van der Waals surface area (Å²) in [5.74, 6) is 0.537. The number of amides is 1. The summed E-state index contributed by atoms with van der Waals surface area (Å²) in [4.78, 5) is 15.0. The third-order valence-corrected chi connectivity index (χ3v) is 8.34. The van der Waals surface area contributed by atoms with Crippen LogP contribution in [0.25, 0.3) is 0 Å². The minimum absolute atomic E-state index is 0.0113. The zero-order chi connectivity index (χ0) is 25.9. The Balaban J connectivity index is 1.39. The predicted molar refractivity (Wildman–Crippen MR) is 144 cm³/mol. The van der Waals surface area contributed by atoms with Gasteiger partial charge in [0, 0.05) is 37.4 Å². The lowest BCUT2D eigenvalue weighted by molar-refractivity contribution is 0.102. The lowest BCUT2D eigenvalue weighted by Gasteiger charge is -2.35. The SMILES string of the molecule is COc1ccccc1N1CCN(S(=O)(=O)c2ccc(NC(=O)c3ccc(C(C)(C)C)cc3)cc2)CC1. The molecule has 1 amide bonds. The number of benzene rings is 3. The molecular formula is C28H33N3O4S. The highest BCUT2D eigenvalue weighted by Gasteiger charge is 2.29. The lowest BCUT2D eigenvalue weighted by atomic mass is 9.87. The van der Waals surface area contributed by atoms with Crippen LogP contribution in [0.3, 0.4) is 0 Å². The highest BCUT2D eigenvalue weighted by Crippen LogP contribution is 2.29. The van der Waals surface area contributed by atoms with Gasteiger partial charge in [-0.05, 0) is 59.5 Å². The number of piperazine rings is 1. The minimum Gasteiger partial charge on any atom is -0.495 e. The highest BCUT2D eigenvalue weighted by atomic mass is 32.2. The summed E-state index contributed by atoms with van der Waals surface area (Å²) in [6, 6.07) is 21.6. The summed E-state index contributed by atoms with van der Waals surface area (Å²) in [5, 5.41) is 2.84. The van der Waals surface area contributed by atoms with E-state index in [1.54, 1.807) is 43.5 Å². The number of hydrogen-bond donors (Lipinski definition) is 1. The van der Waals surface area contributed by atoms with Gasteiger partial charge in [0.05, 0.1) is 17.7 Å². The molecule has 1 N–H and O–H groups in total. The van der Waals surface area contributed by atoms with E-state index >= 15 is 0 Å². The molecule has 36 heavy (non-hydrogen) atoms. The van der Waals surface area contributed by atoms with Crippen LogP contribution in [0, 0.1) is 0 Å². The van der Waals surface area contributed by atoms with Crippen LogP contribution >= 0.6 is 0 Å². The summed E-state index contributed by atoms with van der Waals surface area (Å²) in [5.41, 5.74) is 3.21. The molecule has 0 unspecified atom stereocenters. The topological polar surface area (TPSA) is 79.0 Å². The summed E-state index contributed by atoms with van der Waals surface area (Å²) in [6.07, 6.45) is 0. The number of ether oxygens (including phenoxy) is 1. The van der Waals surface area contributed by atoms with Crippen LogP contribution in [0.5, 0.6) is 5.75 Å². The van der Waals surface area contributed by atoms with Crippen molar-refractivity contribution in [1.29, 1.82) is 0 Å². The van der Waals surface area contributed by atoms with Crippen LogP contribution < -0.4 is 15.0 Å². The van der Waals surface area contributed by atoms with Crippen molar-refractivity contribution < 1.29 is 17.9 Å². The number of nitrogens with one attached hydrogen (secondary N) is 1. The Morgan fingerprint density at radius 3 is 2.06 bits per heavy atom. The Morgan fingerprint density at radius 1 is 0.861 bits per heavy atom. The van der Waals surface area contributed by atoms with Gasteiger partial charge in [0.25, 0.3) is 5.91 Å². The van der Waals surface area contributed by atoms with E-state index in [1.807, 2.05) is 36.4 Å². The van der Waals surface area contributed by atoms with Gasteiger partial charge in [0.1, 0.15) is 5.75 Å². The molecule has 0 spiro atoms. The molecule has 1 aliphatic heterocycles. The molecule has 0 atom stereocenters. The molecule has 4 rings (SSSR count). The first kappa shape index (κ1) is 25.7. The molecule has 3 aromatic rings. The van der Waals surface area contributed by atoms with E-state index in [9.17, 15) is 13.2 Å². The van der Waals surface area contributed by atoms with E-state index in [-0.39, 0.29) is 16.2 Å². The number of rotatable bonds is 6. The monoisotopic (exact) mass is 507 g/mol. The van der Waals surface area contributed by atoms with Crippen molar-refractivity contribution in [3.63, 3.8) is 0 Å². The minimum atomic E-state index is -3.64. The number of carbonyl (C=O) groups excluding carboxylic acids is 1. The smallest absolute Gasteiger partial charge is 0.255 e. The molecule has 7 nitrogen and oxygen atoms in total. The second kappa shape index (κ2) is 10.3. The number of nitrogens with zero attached hydrogens (tertiary/aromatic N) is 2. The van der Waals surface area contributed by atoms with Crippen LogP contribution in [0.1, 0.15) is 36.7 Å². The molecule has 0 saturated carbocycles. The van der Waals surface area contributed by atoms with Gasteiger partial charge < -0.3 is 15.0 Å². The van der Waals surface area contributed by atoms with Gasteiger partial charge in [0.2, 0.25) is 10.0 Å². The van der Waals surface area contributed by atoms with Crippen LogP contribution in [0.15, 0.2) is 77.7 Å². The second-order valence-corrected chi connectivity index (χ2v) is 11.8. The fourth-order valence-electron chi connectivity index (χ4n) is 4.24. The number of anilines is 2. The maximum Gasteiger partial charge on any atom is 0.255 e. The average molecular weight is 508 g/mol. The van der Waals surface area contributed by atoms with Crippen molar-refractivity contribution in [1.82, 2.24) is 4.31 Å². The molecule has 3 aromatic carbocycles. The van der Waals surface area contributed by atoms with E-state index < -0.39 is 10.0 Å². The second-order valence-electron chi connectivity index (χ2n) is 9.87. The van der Waals surface area contributed by atoms with Crippen molar-refractivity contribution in [3.8, 4) is 5.75 Å². The maximum atomic E-state index is 13.2. The molecule has 1 fully saturated rings. The zero-order valence-corrected chi connectivity index (χ0v) is 22.0. The van der Waals surface area contributed by atoms with E-state index in [2.05, 4.69) is 31.0 Å². The van der Waals surface area contributed by atoms with Crippen LogP contribution in [0.2, 0.25) is 0 Å². The Hall–Kier alpha value is -3.36. The van der Waals surface area contributed by atoms with Crippen molar-refractivity contribution >= 4 is 27.3 Å². The molecule has 0 bridgehead atoms. The standard InChI is InChI=1S/C28H33N3O4S/c1-28(2,3)22-11-9-21(10-12-22)27(32)29-23-13-15-24(16-14-23)36(33,34)31-19-17-30(18-20-31)25-7-5-6-8-26(25)35-4/h5-16H,17-20H2,1-4H3,(H,29,32). The third kappa shape index (κ3) is 5.55.